The predicted molar refractivity (Wildman–Crippen MR) is 123 cm³/mol. The third-order valence-corrected chi connectivity index (χ3v) is 6.05. The summed E-state index contributed by atoms with van der Waals surface area (Å²) >= 11 is 0. The second kappa shape index (κ2) is 12.4. The molecule has 1 aromatic carbocycles. The largest absolute Gasteiger partial charge is 0.383 e. The summed E-state index contributed by atoms with van der Waals surface area (Å²) in [6.45, 7) is 3.06. The van der Waals surface area contributed by atoms with E-state index in [4.69, 9.17) is 9.47 Å². The molecule has 1 saturated carbocycles. The zero-order valence-corrected chi connectivity index (χ0v) is 19.2. The van der Waals surface area contributed by atoms with Crippen molar-refractivity contribution >= 4 is 11.8 Å². The van der Waals surface area contributed by atoms with Crippen LogP contribution < -0.4 is 0 Å². The molecule has 1 aliphatic rings. The number of aromatic nitrogens is 1. The van der Waals surface area contributed by atoms with Gasteiger partial charge in [0.2, 0.25) is 11.8 Å². The lowest BCUT2D eigenvalue weighted by Crippen LogP contribution is -2.47. The molecule has 2 amide bonds. The van der Waals surface area contributed by atoms with Crippen molar-refractivity contribution in [1.82, 2.24) is 14.4 Å². The van der Waals surface area contributed by atoms with E-state index in [9.17, 15) is 9.59 Å². The lowest BCUT2D eigenvalue weighted by atomic mass is 9.84. The van der Waals surface area contributed by atoms with E-state index in [1.807, 2.05) is 36.5 Å². The van der Waals surface area contributed by atoms with Crippen LogP contribution in [0.4, 0.5) is 0 Å². The highest BCUT2D eigenvalue weighted by molar-refractivity contribution is 5.86. The molecule has 3 rings (SSSR count). The molecule has 0 bridgehead atoms. The van der Waals surface area contributed by atoms with Crippen molar-refractivity contribution in [2.45, 2.75) is 32.4 Å². The monoisotopic (exact) mass is 441 g/mol. The molecule has 174 valence electrons. The van der Waals surface area contributed by atoms with E-state index in [0.717, 1.165) is 31.5 Å². The first-order chi connectivity index (χ1) is 15.6. The third-order valence-electron chi connectivity index (χ3n) is 6.05. The molecule has 0 N–H and O–H groups in total. The van der Waals surface area contributed by atoms with Gasteiger partial charge in [0.25, 0.3) is 0 Å². The standard InChI is InChI=1S/C25H35N3O4/c1-31-16-14-27(19-23-12-7-13-26(23)18-21-8-4-3-5-9-21)24(29)20-28(15-17-32-2)25(30)22-10-6-11-22/h3-5,7-9,12-13,22H,6,10-11,14-20H2,1-2H3. The molecule has 0 radical (unpaired) electrons. The summed E-state index contributed by atoms with van der Waals surface area (Å²) in [6.07, 6.45) is 4.95. The quantitative estimate of drug-likeness (QED) is 0.480. The van der Waals surface area contributed by atoms with Crippen molar-refractivity contribution in [3.05, 3.63) is 59.9 Å². The Morgan fingerprint density at radius 3 is 2.28 bits per heavy atom. The lowest BCUT2D eigenvalue weighted by molar-refractivity contribution is -0.145. The van der Waals surface area contributed by atoms with Crippen LogP contribution in [0.15, 0.2) is 48.7 Å². The first kappa shape index (κ1) is 24.0. The van der Waals surface area contributed by atoms with Crippen molar-refractivity contribution in [2.75, 3.05) is 47.1 Å². The molecular weight excluding hydrogens is 406 g/mol. The Hall–Kier alpha value is -2.64. The number of hydrogen-bond acceptors (Lipinski definition) is 4. The minimum atomic E-state index is -0.0710. The van der Waals surface area contributed by atoms with Gasteiger partial charge in [-0.15, -0.1) is 0 Å². The predicted octanol–water partition coefficient (Wildman–Crippen LogP) is 2.79. The molecule has 7 heteroatoms. The summed E-state index contributed by atoms with van der Waals surface area (Å²) in [5, 5.41) is 0. The van der Waals surface area contributed by atoms with E-state index in [2.05, 4.69) is 16.7 Å². The highest BCUT2D eigenvalue weighted by Crippen LogP contribution is 2.28. The number of hydrogen-bond donors (Lipinski definition) is 0. The number of nitrogens with zero attached hydrogens (tertiary/aromatic N) is 3. The van der Waals surface area contributed by atoms with Crippen LogP contribution >= 0.6 is 0 Å². The normalized spacial score (nSPS) is 13.6. The first-order valence-corrected chi connectivity index (χ1v) is 11.3. The molecule has 1 fully saturated rings. The summed E-state index contributed by atoms with van der Waals surface area (Å²) < 4.78 is 12.6. The van der Waals surface area contributed by atoms with Gasteiger partial charge in [-0.05, 0) is 30.5 Å². The lowest BCUT2D eigenvalue weighted by Gasteiger charge is -2.33. The highest BCUT2D eigenvalue weighted by atomic mass is 16.5. The van der Waals surface area contributed by atoms with Crippen molar-refractivity contribution < 1.29 is 19.1 Å². The fraction of sp³-hybridized carbons (Fsp3) is 0.520. The Labute approximate surface area is 190 Å². The van der Waals surface area contributed by atoms with Crippen LogP contribution in [0.25, 0.3) is 0 Å². The van der Waals surface area contributed by atoms with Gasteiger partial charge in [0.15, 0.2) is 0 Å². The fourth-order valence-corrected chi connectivity index (χ4v) is 3.86. The van der Waals surface area contributed by atoms with E-state index in [-0.39, 0.29) is 24.3 Å². The molecule has 0 atom stereocenters. The molecular formula is C25H35N3O4. The summed E-state index contributed by atoms with van der Waals surface area (Å²) in [7, 11) is 3.24. The van der Waals surface area contributed by atoms with Gasteiger partial charge in [0, 0.05) is 51.7 Å². The van der Waals surface area contributed by atoms with E-state index in [0.29, 0.717) is 32.8 Å². The summed E-state index contributed by atoms with van der Waals surface area (Å²) in [5.41, 5.74) is 2.25. The van der Waals surface area contributed by atoms with Crippen LogP contribution in [0.1, 0.15) is 30.5 Å². The Morgan fingerprint density at radius 2 is 1.66 bits per heavy atom. The number of rotatable bonds is 13. The van der Waals surface area contributed by atoms with Gasteiger partial charge in [-0.2, -0.15) is 0 Å². The molecule has 32 heavy (non-hydrogen) atoms. The summed E-state index contributed by atoms with van der Waals surface area (Å²) in [4.78, 5) is 29.6. The molecule has 1 aromatic heterocycles. The number of ether oxygens (including phenoxy) is 2. The molecule has 0 saturated heterocycles. The van der Waals surface area contributed by atoms with E-state index in [1.165, 1.54) is 5.56 Å². The fourth-order valence-electron chi connectivity index (χ4n) is 3.86. The van der Waals surface area contributed by atoms with E-state index < -0.39 is 0 Å². The average Bonchev–Trinajstić information content (AvgIpc) is 3.19. The molecule has 1 heterocycles. The van der Waals surface area contributed by atoms with Crippen LogP contribution in [0.2, 0.25) is 0 Å². The summed E-state index contributed by atoms with van der Waals surface area (Å²) in [5.74, 6) is 0.0502. The zero-order chi connectivity index (χ0) is 22.8. The van der Waals surface area contributed by atoms with Crippen molar-refractivity contribution in [3.8, 4) is 0 Å². The molecule has 7 nitrogen and oxygen atoms in total. The topological polar surface area (TPSA) is 64.0 Å². The van der Waals surface area contributed by atoms with Crippen LogP contribution in [-0.4, -0.2) is 73.2 Å². The van der Waals surface area contributed by atoms with Crippen LogP contribution in [-0.2, 0) is 32.2 Å². The van der Waals surface area contributed by atoms with Gasteiger partial charge in [-0.25, -0.2) is 0 Å². The maximum Gasteiger partial charge on any atom is 0.242 e. The molecule has 0 aliphatic heterocycles. The number of amides is 2. The number of carbonyl (C=O) groups is 2. The Kier molecular flexibility index (Phi) is 9.31. The maximum atomic E-state index is 13.3. The smallest absolute Gasteiger partial charge is 0.242 e. The molecule has 0 unspecified atom stereocenters. The number of carbonyl (C=O) groups excluding carboxylic acids is 2. The second-order valence-electron chi connectivity index (χ2n) is 8.30. The minimum absolute atomic E-state index is 0.0511. The van der Waals surface area contributed by atoms with Gasteiger partial charge in [0.1, 0.15) is 0 Å². The Bertz CT molecular complexity index is 848. The van der Waals surface area contributed by atoms with Crippen LogP contribution in [0.3, 0.4) is 0 Å². The SMILES string of the molecule is COCCN(Cc1cccn1Cc1ccccc1)C(=O)CN(CCOC)C(=O)C1CCC1. The van der Waals surface area contributed by atoms with Crippen molar-refractivity contribution in [2.24, 2.45) is 5.92 Å². The van der Waals surface area contributed by atoms with E-state index >= 15 is 0 Å². The summed E-state index contributed by atoms with van der Waals surface area (Å²) in [6, 6.07) is 14.3. The van der Waals surface area contributed by atoms with E-state index in [1.54, 1.807) is 24.0 Å². The van der Waals surface area contributed by atoms with Gasteiger partial charge >= 0.3 is 0 Å². The number of benzene rings is 1. The van der Waals surface area contributed by atoms with Gasteiger partial charge in [0.05, 0.1) is 26.3 Å². The highest BCUT2D eigenvalue weighted by Gasteiger charge is 2.31. The molecule has 0 spiro atoms. The molecule has 1 aliphatic carbocycles. The zero-order valence-electron chi connectivity index (χ0n) is 19.2. The van der Waals surface area contributed by atoms with Crippen molar-refractivity contribution in [1.29, 1.82) is 0 Å². The first-order valence-electron chi connectivity index (χ1n) is 11.3. The second-order valence-corrected chi connectivity index (χ2v) is 8.30. The minimum Gasteiger partial charge on any atom is -0.383 e. The van der Waals surface area contributed by atoms with Crippen LogP contribution in [0.5, 0.6) is 0 Å². The van der Waals surface area contributed by atoms with Crippen molar-refractivity contribution in [3.63, 3.8) is 0 Å². The maximum absolute atomic E-state index is 13.3. The number of methoxy groups -OCH3 is 2. The van der Waals surface area contributed by atoms with Gasteiger partial charge in [-0.3, -0.25) is 9.59 Å². The van der Waals surface area contributed by atoms with Gasteiger partial charge < -0.3 is 23.8 Å². The third kappa shape index (κ3) is 6.68. The van der Waals surface area contributed by atoms with Gasteiger partial charge in [-0.1, -0.05) is 36.8 Å². The Morgan fingerprint density at radius 1 is 0.969 bits per heavy atom. The Balaban J connectivity index is 1.69. The van der Waals surface area contributed by atoms with Crippen LogP contribution in [0, 0.1) is 5.92 Å². The average molecular weight is 442 g/mol. The molecule has 2 aromatic rings.